The lowest BCUT2D eigenvalue weighted by molar-refractivity contribution is -0.123. The Balaban J connectivity index is 1.55. The average Bonchev–Trinajstić information content (AvgIpc) is 2.80. The van der Waals surface area contributed by atoms with Gasteiger partial charge in [-0.05, 0) is 72.3 Å². The highest BCUT2D eigenvalue weighted by molar-refractivity contribution is 6.30. The second kappa shape index (κ2) is 10.9. The molecule has 32 heavy (non-hydrogen) atoms. The lowest BCUT2D eigenvalue weighted by atomic mass is 10.2. The Kier molecular flexibility index (Phi) is 7.77. The summed E-state index contributed by atoms with van der Waals surface area (Å²) in [4.78, 5) is 24.1. The van der Waals surface area contributed by atoms with E-state index in [1.165, 1.54) is 37.6 Å². The maximum atomic E-state index is 12.9. The number of methoxy groups -OCH3 is 1. The van der Waals surface area contributed by atoms with Crippen LogP contribution in [0.2, 0.25) is 5.02 Å². The van der Waals surface area contributed by atoms with E-state index in [1.54, 1.807) is 42.5 Å². The number of benzene rings is 3. The first-order valence-corrected chi connectivity index (χ1v) is 9.68. The highest BCUT2D eigenvalue weighted by atomic mass is 35.5. The van der Waals surface area contributed by atoms with Crippen molar-refractivity contribution >= 4 is 29.7 Å². The van der Waals surface area contributed by atoms with Crippen molar-refractivity contribution in [3.05, 3.63) is 88.7 Å². The zero-order chi connectivity index (χ0) is 22.9. The first-order chi connectivity index (χ1) is 15.4. The standard InChI is InChI=1S/C23H18ClFN2O5/c1-30-21-12-15(2-11-20(21)32-23(29)16-3-5-17(24)6-4-16)13-26-27-22(28)14-31-19-9-7-18(25)8-10-19/h2-13H,14H2,1H3,(H,27,28)/b26-13-. The van der Waals surface area contributed by atoms with E-state index in [2.05, 4.69) is 10.5 Å². The number of nitrogens with one attached hydrogen (secondary N) is 1. The molecule has 0 bridgehead atoms. The van der Waals surface area contributed by atoms with Gasteiger partial charge in [-0.15, -0.1) is 0 Å². The molecular weight excluding hydrogens is 439 g/mol. The van der Waals surface area contributed by atoms with E-state index in [0.717, 1.165) is 0 Å². The summed E-state index contributed by atoms with van der Waals surface area (Å²) in [7, 11) is 1.43. The third kappa shape index (κ3) is 6.55. The third-order valence-electron chi connectivity index (χ3n) is 4.06. The Labute approximate surface area is 188 Å². The van der Waals surface area contributed by atoms with Gasteiger partial charge in [0.15, 0.2) is 18.1 Å². The number of rotatable bonds is 8. The molecule has 3 rings (SSSR count). The Morgan fingerprint density at radius 3 is 2.44 bits per heavy atom. The number of ether oxygens (including phenoxy) is 3. The second-order valence-corrected chi connectivity index (χ2v) is 6.78. The van der Waals surface area contributed by atoms with Crippen molar-refractivity contribution < 1.29 is 28.2 Å². The third-order valence-corrected chi connectivity index (χ3v) is 4.31. The van der Waals surface area contributed by atoms with E-state index in [4.69, 9.17) is 25.8 Å². The summed E-state index contributed by atoms with van der Waals surface area (Å²) in [6.07, 6.45) is 1.39. The van der Waals surface area contributed by atoms with Crippen molar-refractivity contribution in [2.45, 2.75) is 0 Å². The smallest absolute Gasteiger partial charge is 0.343 e. The maximum Gasteiger partial charge on any atom is 0.343 e. The van der Waals surface area contributed by atoms with Gasteiger partial charge in [0.25, 0.3) is 5.91 Å². The number of hydrogen-bond acceptors (Lipinski definition) is 6. The van der Waals surface area contributed by atoms with Gasteiger partial charge < -0.3 is 14.2 Å². The first kappa shape index (κ1) is 22.8. The summed E-state index contributed by atoms with van der Waals surface area (Å²) in [5, 5.41) is 4.36. The lowest BCUT2D eigenvalue weighted by Gasteiger charge is -2.10. The van der Waals surface area contributed by atoms with Crippen LogP contribution in [0.25, 0.3) is 0 Å². The molecule has 0 aliphatic carbocycles. The van der Waals surface area contributed by atoms with Crippen molar-refractivity contribution in [1.29, 1.82) is 0 Å². The minimum absolute atomic E-state index is 0.223. The van der Waals surface area contributed by atoms with Gasteiger partial charge in [0.05, 0.1) is 18.9 Å². The fraction of sp³-hybridized carbons (Fsp3) is 0.0870. The van der Waals surface area contributed by atoms with Gasteiger partial charge in [0.2, 0.25) is 0 Å². The van der Waals surface area contributed by atoms with Gasteiger partial charge in [0.1, 0.15) is 11.6 Å². The quantitative estimate of drug-likeness (QED) is 0.237. The fourth-order valence-corrected chi connectivity index (χ4v) is 2.61. The molecule has 1 N–H and O–H groups in total. The van der Waals surface area contributed by atoms with E-state index in [1.807, 2.05) is 0 Å². The van der Waals surface area contributed by atoms with Gasteiger partial charge in [-0.25, -0.2) is 14.6 Å². The number of halogens is 2. The minimum Gasteiger partial charge on any atom is -0.493 e. The highest BCUT2D eigenvalue weighted by Gasteiger charge is 2.13. The summed E-state index contributed by atoms with van der Waals surface area (Å²) < 4.78 is 28.7. The van der Waals surface area contributed by atoms with Crippen LogP contribution in [-0.4, -0.2) is 31.8 Å². The molecule has 0 aromatic heterocycles. The predicted octanol–water partition coefficient (Wildman–Crippen LogP) is 4.24. The summed E-state index contributed by atoms with van der Waals surface area (Å²) in [6.45, 7) is -0.286. The van der Waals surface area contributed by atoms with Gasteiger partial charge in [-0.3, -0.25) is 4.79 Å². The SMILES string of the molecule is COc1cc(/C=N\NC(=O)COc2ccc(F)cc2)ccc1OC(=O)c1ccc(Cl)cc1. The molecule has 0 fully saturated rings. The van der Waals surface area contributed by atoms with Crippen LogP contribution in [0.5, 0.6) is 17.2 Å². The number of amides is 1. The predicted molar refractivity (Wildman–Crippen MR) is 117 cm³/mol. The van der Waals surface area contributed by atoms with Crippen LogP contribution in [0.15, 0.2) is 71.8 Å². The van der Waals surface area contributed by atoms with Crippen molar-refractivity contribution in [1.82, 2.24) is 5.43 Å². The molecule has 0 aliphatic rings. The Bertz CT molecular complexity index is 1120. The van der Waals surface area contributed by atoms with E-state index in [9.17, 15) is 14.0 Å². The van der Waals surface area contributed by atoms with E-state index >= 15 is 0 Å². The number of carbonyl (C=O) groups is 2. The maximum absolute atomic E-state index is 12.9. The Hall–Kier alpha value is -3.91. The monoisotopic (exact) mass is 456 g/mol. The summed E-state index contributed by atoms with van der Waals surface area (Å²) in [5.41, 5.74) is 3.25. The largest absolute Gasteiger partial charge is 0.493 e. The molecule has 0 radical (unpaired) electrons. The fourth-order valence-electron chi connectivity index (χ4n) is 2.48. The van der Waals surface area contributed by atoms with Crippen LogP contribution in [0.4, 0.5) is 4.39 Å². The minimum atomic E-state index is -0.560. The molecular formula is C23H18ClFN2O5. The molecule has 0 saturated heterocycles. The van der Waals surface area contributed by atoms with Crippen LogP contribution >= 0.6 is 11.6 Å². The van der Waals surface area contributed by atoms with Crippen molar-refractivity contribution in [3.8, 4) is 17.2 Å². The average molecular weight is 457 g/mol. The van der Waals surface area contributed by atoms with E-state index in [0.29, 0.717) is 27.6 Å². The van der Waals surface area contributed by atoms with Crippen molar-refractivity contribution in [3.63, 3.8) is 0 Å². The van der Waals surface area contributed by atoms with Gasteiger partial charge >= 0.3 is 5.97 Å². The van der Waals surface area contributed by atoms with Crippen LogP contribution in [0.1, 0.15) is 15.9 Å². The van der Waals surface area contributed by atoms with Gasteiger partial charge in [0, 0.05) is 5.02 Å². The molecule has 7 nitrogen and oxygen atoms in total. The number of hydrogen-bond donors (Lipinski definition) is 1. The zero-order valence-electron chi connectivity index (χ0n) is 16.9. The molecule has 0 spiro atoms. The molecule has 1 amide bonds. The summed E-state index contributed by atoms with van der Waals surface area (Å²) in [6, 6.07) is 16.4. The number of nitrogens with zero attached hydrogens (tertiary/aromatic N) is 1. The highest BCUT2D eigenvalue weighted by Crippen LogP contribution is 2.28. The molecule has 0 atom stereocenters. The van der Waals surface area contributed by atoms with Crippen molar-refractivity contribution in [2.24, 2.45) is 5.10 Å². The van der Waals surface area contributed by atoms with Crippen molar-refractivity contribution in [2.75, 3.05) is 13.7 Å². The van der Waals surface area contributed by atoms with Gasteiger partial charge in [-0.1, -0.05) is 11.6 Å². The summed E-state index contributed by atoms with van der Waals surface area (Å²) in [5.74, 6) is -0.559. The van der Waals surface area contributed by atoms with E-state index < -0.39 is 17.7 Å². The van der Waals surface area contributed by atoms with E-state index in [-0.39, 0.29) is 12.4 Å². The molecule has 0 aliphatic heterocycles. The van der Waals surface area contributed by atoms with Gasteiger partial charge in [-0.2, -0.15) is 5.10 Å². The number of carbonyl (C=O) groups excluding carboxylic acids is 2. The molecule has 9 heteroatoms. The topological polar surface area (TPSA) is 86.2 Å². The molecule has 0 heterocycles. The Morgan fingerprint density at radius 1 is 1.03 bits per heavy atom. The zero-order valence-corrected chi connectivity index (χ0v) is 17.6. The molecule has 0 unspecified atom stereocenters. The second-order valence-electron chi connectivity index (χ2n) is 6.34. The summed E-state index contributed by atoms with van der Waals surface area (Å²) >= 11 is 5.82. The number of esters is 1. The first-order valence-electron chi connectivity index (χ1n) is 9.30. The van der Waals surface area contributed by atoms with Crippen LogP contribution in [0, 0.1) is 5.82 Å². The Morgan fingerprint density at radius 2 is 1.75 bits per heavy atom. The number of hydrazone groups is 1. The molecule has 164 valence electrons. The van der Waals surface area contributed by atoms with Crippen LogP contribution in [0.3, 0.4) is 0 Å². The normalized spacial score (nSPS) is 10.6. The molecule has 3 aromatic rings. The molecule has 3 aromatic carbocycles. The van der Waals surface area contributed by atoms with Crippen LogP contribution in [-0.2, 0) is 4.79 Å². The molecule has 0 saturated carbocycles. The lowest BCUT2D eigenvalue weighted by Crippen LogP contribution is -2.24. The van der Waals surface area contributed by atoms with Crippen LogP contribution < -0.4 is 19.6 Å².